The van der Waals surface area contributed by atoms with Gasteiger partial charge in [0.15, 0.2) is 0 Å². The van der Waals surface area contributed by atoms with Crippen molar-refractivity contribution in [3.05, 3.63) is 35.4 Å². The van der Waals surface area contributed by atoms with Crippen LogP contribution in [0.3, 0.4) is 0 Å². The predicted octanol–water partition coefficient (Wildman–Crippen LogP) is 7.43. The second kappa shape index (κ2) is 8.54. The Balaban J connectivity index is 3.56. The highest BCUT2D eigenvalue weighted by atomic mass is 19.4. The van der Waals surface area contributed by atoms with E-state index in [0.29, 0.717) is 0 Å². The third-order valence-electron chi connectivity index (χ3n) is 4.78. The molecule has 1 rings (SSSR count). The first-order valence-electron chi connectivity index (χ1n) is 8.60. The molecule has 35 heavy (non-hydrogen) atoms. The van der Waals surface area contributed by atoms with Crippen molar-refractivity contribution in [1.29, 1.82) is 0 Å². The predicted molar refractivity (Wildman–Crippen MR) is 81.4 cm³/mol. The maximum atomic E-state index is 13.9. The molecule has 18 heteroatoms. The third kappa shape index (κ3) is 4.39. The Kier molecular flexibility index (Phi) is 7.57. The maximum absolute atomic E-state index is 13.9. The number of aliphatic hydroxyl groups is 1. The molecule has 0 fully saturated rings. The molecule has 0 heterocycles. The van der Waals surface area contributed by atoms with Crippen molar-refractivity contribution >= 4 is 0 Å². The highest BCUT2D eigenvalue weighted by molar-refractivity contribution is 5.28. The molecular weight excluding hydrogens is 543 g/mol. The Bertz CT molecular complexity index is 902. The second-order valence-electron chi connectivity index (χ2n) is 7.23. The van der Waals surface area contributed by atoms with Crippen LogP contribution in [0.5, 0.6) is 0 Å². The van der Waals surface area contributed by atoms with Gasteiger partial charge in [0.05, 0.1) is 6.10 Å². The van der Waals surface area contributed by atoms with Gasteiger partial charge in [-0.1, -0.05) is 24.3 Å². The van der Waals surface area contributed by atoms with E-state index < -0.39 is 65.7 Å². The van der Waals surface area contributed by atoms with Crippen molar-refractivity contribution in [3.8, 4) is 0 Å². The number of aliphatic hydroxyl groups excluding tert-OH is 1. The van der Waals surface area contributed by atoms with E-state index in [4.69, 9.17) is 0 Å². The quantitative estimate of drug-likeness (QED) is 0.315. The molecule has 1 nitrogen and oxygen atoms in total. The van der Waals surface area contributed by atoms with Gasteiger partial charge in [0.1, 0.15) is 0 Å². The van der Waals surface area contributed by atoms with Crippen molar-refractivity contribution in [2.45, 2.75) is 67.1 Å². The normalized spacial score (nSPS) is 16.4. The lowest BCUT2D eigenvalue weighted by Crippen LogP contribution is -2.74. The summed E-state index contributed by atoms with van der Waals surface area (Å²) < 4.78 is 225. The van der Waals surface area contributed by atoms with Crippen LogP contribution in [-0.2, 0) is 0 Å². The minimum atomic E-state index is -8.67. The van der Waals surface area contributed by atoms with Gasteiger partial charge < -0.3 is 5.11 Å². The lowest BCUT2D eigenvalue weighted by molar-refractivity contribution is -0.462. The molecule has 0 aliphatic carbocycles. The number of aryl methyl sites for hydroxylation is 1. The molecule has 0 aliphatic heterocycles. The van der Waals surface area contributed by atoms with Crippen LogP contribution < -0.4 is 0 Å². The van der Waals surface area contributed by atoms with Gasteiger partial charge in [-0.15, -0.1) is 0 Å². The molecule has 0 bridgehead atoms. The zero-order chi connectivity index (χ0) is 28.3. The van der Waals surface area contributed by atoms with Gasteiger partial charge in [0.25, 0.3) is 0 Å². The Hall–Kier alpha value is -2.01. The molecule has 0 saturated carbocycles. The lowest BCUT2D eigenvalue weighted by Gasteiger charge is -2.43. The van der Waals surface area contributed by atoms with E-state index in [1.54, 1.807) is 0 Å². The van der Waals surface area contributed by atoms with Crippen molar-refractivity contribution in [3.63, 3.8) is 0 Å². The van der Waals surface area contributed by atoms with E-state index in [1.807, 2.05) is 0 Å². The lowest BCUT2D eigenvalue weighted by atomic mass is 9.87. The summed E-state index contributed by atoms with van der Waals surface area (Å²) in [5.41, 5.74) is -0.837. The summed E-state index contributed by atoms with van der Waals surface area (Å²) >= 11 is 0. The average Bonchev–Trinajstić information content (AvgIpc) is 2.65. The highest BCUT2D eigenvalue weighted by Gasteiger charge is 2.95. The average molecular weight is 554 g/mol. The van der Waals surface area contributed by atoms with Crippen LogP contribution in [0, 0.1) is 6.92 Å². The summed E-state index contributed by atoms with van der Waals surface area (Å²) in [6.07, 6.45) is -13.6. The van der Waals surface area contributed by atoms with Crippen LogP contribution in [0.25, 0.3) is 0 Å². The number of hydrogen-bond donors (Lipinski definition) is 1. The van der Waals surface area contributed by atoms with Crippen LogP contribution in [0.15, 0.2) is 24.3 Å². The van der Waals surface area contributed by atoms with Gasteiger partial charge in [-0.25, -0.2) is 0 Å². The smallest absolute Gasteiger partial charge is 0.388 e. The second-order valence-corrected chi connectivity index (χ2v) is 7.23. The molecular formula is C17H11F17O. The first kappa shape index (κ1) is 31.0. The number of halogens is 17. The molecule has 1 aromatic carbocycles. The molecule has 0 spiro atoms. The van der Waals surface area contributed by atoms with Crippen molar-refractivity contribution < 1.29 is 79.7 Å². The van der Waals surface area contributed by atoms with E-state index in [-0.39, 0.29) is 5.56 Å². The van der Waals surface area contributed by atoms with E-state index in [2.05, 4.69) is 0 Å². The van der Waals surface area contributed by atoms with Gasteiger partial charge in [0.2, 0.25) is 0 Å². The first-order chi connectivity index (χ1) is 15.1. The monoisotopic (exact) mass is 554 g/mol. The zero-order valence-electron chi connectivity index (χ0n) is 16.5. The van der Waals surface area contributed by atoms with Crippen LogP contribution in [0.4, 0.5) is 74.6 Å². The van der Waals surface area contributed by atoms with E-state index in [0.717, 1.165) is 25.1 Å². The highest BCUT2D eigenvalue weighted by Crippen LogP contribution is 2.64. The summed E-state index contributed by atoms with van der Waals surface area (Å²) in [5, 5.41) is 9.62. The largest absolute Gasteiger partial charge is 0.460 e. The van der Waals surface area contributed by atoms with Crippen molar-refractivity contribution in [2.24, 2.45) is 0 Å². The minimum absolute atomic E-state index is 0.156. The standard InChI is InChI=1S/C17H11F17O/c1-7-4-2-3-5-8(7)9(35)6-10(18,19)11(20,21)12(22,23)13(24,25)14(26,27)15(28,29)16(30,31)17(32,33)34/h2-5,9,35H,6H2,1H3. The topological polar surface area (TPSA) is 20.2 Å². The first-order valence-corrected chi connectivity index (χ1v) is 8.60. The maximum Gasteiger partial charge on any atom is 0.460 e. The Morgan fingerprint density at radius 2 is 0.914 bits per heavy atom. The number of alkyl halides is 17. The van der Waals surface area contributed by atoms with Crippen LogP contribution in [0.1, 0.15) is 23.7 Å². The van der Waals surface area contributed by atoms with Crippen LogP contribution in [-0.4, -0.2) is 52.7 Å². The molecule has 1 atom stereocenters. The summed E-state index contributed by atoms with van der Waals surface area (Å²) in [7, 11) is 0. The van der Waals surface area contributed by atoms with Crippen LogP contribution >= 0.6 is 0 Å². The molecule has 204 valence electrons. The molecule has 0 saturated heterocycles. The minimum Gasteiger partial charge on any atom is -0.388 e. The molecule has 1 unspecified atom stereocenters. The summed E-state index contributed by atoms with van der Waals surface area (Å²) in [6.45, 7) is 1.06. The van der Waals surface area contributed by atoms with E-state index in [1.165, 1.54) is 6.07 Å². The van der Waals surface area contributed by atoms with Gasteiger partial charge in [0, 0.05) is 6.42 Å². The fourth-order valence-electron chi connectivity index (χ4n) is 2.64. The molecule has 0 aliphatic rings. The molecule has 0 radical (unpaired) electrons. The molecule has 1 N–H and O–H groups in total. The van der Waals surface area contributed by atoms with Crippen molar-refractivity contribution in [2.75, 3.05) is 0 Å². The molecule has 0 amide bonds. The van der Waals surface area contributed by atoms with Gasteiger partial charge in [-0.2, -0.15) is 74.6 Å². The summed E-state index contributed by atoms with van der Waals surface area (Å²) in [6, 6.07) is 4.01. The van der Waals surface area contributed by atoms with Crippen molar-refractivity contribution in [1.82, 2.24) is 0 Å². The Morgan fingerprint density at radius 1 is 0.571 bits per heavy atom. The third-order valence-corrected chi connectivity index (χ3v) is 4.78. The zero-order valence-corrected chi connectivity index (χ0v) is 16.5. The molecule has 1 aromatic rings. The molecule has 0 aromatic heterocycles. The van der Waals surface area contributed by atoms with Gasteiger partial charge in [-0.05, 0) is 18.1 Å². The fraction of sp³-hybridized carbons (Fsp3) is 0.647. The summed E-state index contributed by atoms with van der Waals surface area (Å²) in [5.74, 6) is -56.8. The van der Waals surface area contributed by atoms with Gasteiger partial charge >= 0.3 is 47.6 Å². The fourth-order valence-corrected chi connectivity index (χ4v) is 2.64. The van der Waals surface area contributed by atoms with E-state index >= 15 is 0 Å². The van der Waals surface area contributed by atoms with Gasteiger partial charge in [-0.3, -0.25) is 0 Å². The Labute approximate surface area is 183 Å². The number of benzene rings is 1. The van der Waals surface area contributed by atoms with E-state index in [9.17, 15) is 79.7 Å². The number of rotatable bonds is 9. The SMILES string of the molecule is Cc1ccccc1C(O)CC(F)(F)C(F)(F)C(F)(F)C(F)(F)C(F)(F)C(F)(F)C(F)(F)C(F)(F)F. The number of hydrogen-bond acceptors (Lipinski definition) is 1. The van der Waals surface area contributed by atoms with Crippen LogP contribution in [0.2, 0.25) is 0 Å². The summed E-state index contributed by atoms with van der Waals surface area (Å²) in [4.78, 5) is 0. The Morgan fingerprint density at radius 3 is 1.29 bits per heavy atom.